The molecule has 2 aromatic carbocycles. The lowest BCUT2D eigenvalue weighted by Crippen LogP contribution is -2.53. The highest BCUT2D eigenvalue weighted by Gasteiger charge is 2.36. The summed E-state index contributed by atoms with van der Waals surface area (Å²) in [6.45, 7) is 13.6. The fraction of sp³-hybridized carbons (Fsp3) is 0.500. The minimum atomic E-state index is -0.962. The Morgan fingerprint density at radius 3 is 2.11 bits per heavy atom. The zero-order valence-corrected chi connectivity index (χ0v) is 24.7. The fourth-order valence-electron chi connectivity index (χ4n) is 4.16. The molecule has 208 valence electrons. The van der Waals surface area contributed by atoms with Crippen LogP contribution < -0.4 is 10.6 Å². The zero-order valence-electron chi connectivity index (χ0n) is 23.8. The molecule has 2 rings (SSSR count). The quantitative estimate of drug-likeness (QED) is 0.236. The second-order valence-corrected chi connectivity index (χ2v) is 11.1. The Hall–Kier alpha value is -3.00. The molecule has 0 aliphatic heterocycles. The number of nitrogens with zero attached hydrogens (tertiary/aromatic N) is 1. The molecule has 2 N–H and O–H groups in total. The maximum absolute atomic E-state index is 14.0. The number of nitrogens with one attached hydrogen (secondary N) is 2. The van der Waals surface area contributed by atoms with E-state index >= 15 is 0 Å². The third-order valence-corrected chi connectivity index (χ3v) is 6.50. The van der Waals surface area contributed by atoms with Gasteiger partial charge < -0.3 is 20.3 Å². The van der Waals surface area contributed by atoms with E-state index in [9.17, 15) is 14.4 Å². The number of unbranched alkanes of at least 4 members (excludes halogenated alkanes) is 2. The Morgan fingerprint density at radius 2 is 1.58 bits per heavy atom. The minimum Gasteiger partial charge on any atom is -0.444 e. The molecule has 0 aliphatic rings. The molecule has 0 saturated heterocycles. The van der Waals surface area contributed by atoms with Crippen molar-refractivity contribution in [2.75, 3.05) is 17.6 Å². The number of hydrogen-bond acceptors (Lipinski definition) is 5. The van der Waals surface area contributed by atoms with Crippen LogP contribution in [0.1, 0.15) is 75.3 Å². The molecule has 3 amide bonds. The van der Waals surface area contributed by atoms with Gasteiger partial charge in [-0.15, -0.1) is 0 Å². The molecule has 0 saturated carbocycles. The summed E-state index contributed by atoms with van der Waals surface area (Å²) < 4.78 is 5.38. The van der Waals surface area contributed by atoms with Crippen LogP contribution in [0.15, 0.2) is 42.5 Å². The normalized spacial score (nSPS) is 12.8. The first-order valence-corrected chi connectivity index (χ1v) is 13.9. The molecule has 0 aliphatic carbocycles. The second kappa shape index (κ2) is 14.2. The zero-order chi connectivity index (χ0) is 28.5. The molecular weight excluding hydrogens is 498 g/mol. The fourth-order valence-corrected chi connectivity index (χ4v) is 4.41. The lowest BCUT2D eigenvalue weighted by molar-refractivity contribution is -0.140. The van der Waals surface area contributed by atoms with E-state index in [1.54, 1.807) is 25.7 Å². The van der Waals surface area contributed by atoms with Gasteiger partial charge in [0.1, 0.15) is 17.7 Å². The van der Waals surface area contributed by atoms with Gasteiger partial charge >= 0.3 is 6.09 Å². The largest absolute Gasteiger partial charge is 0.444 e. The van der Waals surface area contributed by atoms with E-state index in [2.05, 4.69) is 30.2 Å². The van der Waals surface area contributed by atoms with Gasteiger partial charge in [-0.05, 0) is 64.7 Å². The van der Waals surface area contributed by atoms with Gasteiger partial charge in [-0.25, -0.2) is 4.79 Å². The maximum Gasteiger partial charge on any atom is 0.408 e. The van der Waals surface area contributed by atoms with Crippen molar-refractivity contribution >= 4 is 36.2 Å². The lowest BCUT2D eigenvalue weighted by atomic mass is 10.00. The van der Waals surface area contributed by atoms with Gasteiger partial charge in [0.2, 0.25) is 5.91 Å². The topological polar surface area (TPSA) is 87.7 Å². The summed E-state index contributed by atoms with van der Waals surface area (Å²) in [4.78, 5) is 42.0. The van der Waals surface area contributed by atoms with E-state index in [1.807, 2.05) is 63.2 Å². The van der Waals surface area contributed by atoms with Gasteiger partial charge in [0, 0.05) is 18.0 Å². The summed E-state index contributed by atoms with van der Waals surface area (Å²) in [5.74, 6) is -0.642. The molecule has 7 nitrogen and oxygen atoms in total. The van der Waals surface area contributed by atoms with Crippen molar-refractivity contribution in [2.45, 2.75) is 85.4 Å². The highest BCUT2D eigenvalue weighted by molar-refractivity contribution is 7.80. The van der Waals surface area contributed by atoms with E-state index < -0.39 is 23.8 Å². The SMILES string of the molecule is CCCCCN(C(=O)C(CS)NC(=O)OC(C)(C)C)C(C(=O)Nc1c(C)cccc1C)c1ccc(C)cc1. The number of carbonyl (C=O) groups excluding carboxylic acids is 3. The number of aryl methyl sites for hydroxylation is 3. The van der Waals surface area contributed by atoms with Crippen LogP contribution in [-0.4, -0.2) is 46.7 Å². The van der Waals surface area contributed by atoms with Crippen LogP contribution in [0.4, 0.5) is 10.5 Å². The summed E-state index contributed by atoms with van der Waals surface area (Å²) in [6, 6.07) is 11.6. The van der Waals surface area contributed by atoms with Crippen molar-refractivity contribution in [3.63, 3.8) is 0 Å². The number of ether oxygens (including phenoxy) is 1. The highest BCUT2D eigenvalue weighted by Crippen LogP contribution is 2.28. The van der Waals surface area contributed by atoms with Crippen molar-refractivity contribution in [1.29, 1.82) is 0 Å². The molecule has 0 bridgehead atoms. The summed E-state index contributed by atoms with van der Waals surface area (Å²) in [5.41, 5.74) is 3.62. The predicted molar refractivity (Wildman–Crippen MR) is 157 cm³/mol. The van der Waals surface area contributed by atoms with E-state index in [0.29, 0.717) is 18.5 Å². The van der Waals surface area contributed by atoms with Crippen LogP contribution in [0.25, 0.3) is 0 Å². The Labute approximate surface area is 233 Å². The molecule has 0 radical (unpaired) electrons. The number of carbonyl (C=O) groups is 3. The van der Waals surface area contributed by atoms with Gasteiger partial charge in [0.05, 0.1) is 0 Å². The van der Waals surface area contributed by atoms with Crippen LogP contribution in [0.2, 0.25) is 0 Å². The molecule has 38 heavy (non-hydrogen) atoms. The first-order valence-electron chi connectivity index (χ1n) is 13.2. The van der Waals surface area contributed by atoms with Gasteiger partial charge in [-0.1, -0.05) is 67.8 Å². The van der Waals surface area contributed by atoms with Crippen molar-refractivity contribution in [2.24, 2.45) is 0 Å². The number of hydrogen-bond donors (Lipinski definition) is 3. The molecule has 2 unspecified atom stereocenters. The molecule has 2 aromatic rings. The number of rotatable bonds is 11. The molecule has 0 fully saturated rings. The van der Waals surface area contributed by atoms with Crippen LogP contribution in [0.5, 0.6) is 0 Å². The first kappa shape index (κ1) is 31.2. The molecule has 0 aromatic heterocycles. The van der Waals surface area contributed by atoms with Gasteiger partial charge in [0.15, 0.2) is 0 Å². The molecule has 8 heteroatoms. The van der Waals surface area contributed by atoms with Gasteiger partial charge in [0.25, 0.3) is 5.91 Å². The van der Waals surface area contributed by atoms with E-state index in [0.717, 1.165) is 35.2 Å². The third-order valence-electron chi connectivity index (χ3n) is 6.14. The van der Waals surface area contributed by atoms with Crippen LogP contribution in [0, 0.1) is 20.8 Å². The Bertz CT molecular complexity index is 1080. The van der Waals surface area contributed by atoms with Crippen molar-refractivity contribution in [3.05, 3.63) is 64.7 Å². The van der Waals surface area contributed by atoms with E-state index in [-0.39, 0.29) is 17.6 Å². The predicted octanol–water partition coefficient (Wildman–Crippen LogP) is 6.13. The monoisotopic (exact) mass is 541 g/mol. The Morgan fingerprint density at radius 1 is 0.974 bits per heavy atom. The summed E-state index contributed by atoms with van der Waals surface area (Å²) in [5, 5.41) is 5.74. The Balaban J connectivity index is 2.50. The van der Waals surface area contributed by atoms with Gasteiger partial charge in [-0.2, -0.15) is 12.6 Å². The molecular formula is C30H43N3O4S. The number of anilines is 1. The number of para-hydroxylation sites is 1. The number of thiol groups is 1. The van der Waals surface area contributed by atoms with Crippen molar-refractivity contribution < 1.29 is 19.1 Å². The minimum absolute atomic E-state index is 0.0570. The lowest BCUT2D eigenvalue weighted by Gasteiger charge is -2.34. The number of benzene rings is 2. The number of alkyl carbamates (subject to hydrolysis) is 1. The van der Waals surface area contributed by atoms with Gasteiger partial charge in [-0.3, -0.25) is 9.59 Å². The number of amides is 3. The van der Waals surface area contributed by atoms with E-state index in [4.69, 9.17) is 4.74 Å². The summed E-state index contributed by atoms with van der Waals surface area (Å²) in [6.07, 6.45) is 1.86. The standard InChI is InChI=1S/C30H43N3O4S/c1-8-9-10-18-33(28(35)24(19-38)31-29(36)37-30(5,6)7)26(23-16-14-20(2)15-17-23)27(34)32-25-21(3)12-11-13-22(25)4/h11-17,24,26,38H,8-10,18-19H2,1-7H3,(H,31,36)(H,32,34). The molecule has 2 atom stereocenters. The average Bonchev–Trinajstić information content (AvgIpc) is 2.84. The third kappa shape index (κ3) is 9.08. The van der Waals surface area contributed by atoms with E-state index in [1.165, 1.54) is 0 Å². The van der Waals surface area contributed by atoms with Crippen molar-refractivity contribution in [1.82, 2.24) is 10.2 Å². The van der Waals surface area contributed by atoms with Crippen LogP contribution in [-0.2, 0) is 14.3 Å². The van der Waals surface area contributed by atoms with Crippen LogP contribution in [0.3, 0.4) is 0 Å². The highest BCUT2D eigenvalue weighted by atomic mass is 32.1. The molecule has 0 heterocycles. The second-order valence-electron chi connectivity index (χ2n) is 10.7. The van der Waals surface area contributed by atoms with Crippen molar-refractivity contribution in [3.8, 4) is 0 Å². The maximum atomic E-state index is 14.0. The summed E-state index contributed by atoms with van der Waals surface area (Å²) in [7, 11) is 0. The average molecular weight is 542 g/mol. The Kier molecular flexibility index (Phi) is 11.7. The summed E-state index contributed by atoms with van der Waals surface area (Å²) >= 11 is 4.35. The first-order chi connectivity index (χ1) is 17.9. The smallest absolute Gasteiger partial charge is 0.408 e. The van der Waals surface area contributed by atoms with Crippen LogP contribution >= 0.6 is 12.6 Å². The molecule has 0 spiro atoms.